The molecule has 0 bridgehead atoms. The molecule has 2 N–H and O–H groups in total. The number of nitrogens with one attached hydrogen (secondary N) is 2. The van der Waals surface area contributed by atoms with E-state index in [1.807, 2.05) is 36.1 Å². The average Bonchev–Trinajstić information content (AvgIpc) is 3.20. The molecule has 0 saturated heterocycles. The molecule has 0 spiro atoms. The number of thiophene rings is 1. The van der Waals surface area contributed by atoms with Crippen molar-refractivity contribution in [3.8, 4) is 11.4 Å². The molecule has 0 aliphatic carbocycles. The topological polar surface area (TPSA) is 88.9 Å². The van der Waals surface area contributed by atoms with E-state index in [0.29, 0.717) is 22.7 Å². The summed E-state index contributed by atoms with van der Waals surface area (Å²) in [5.41, 5.74) is 4.18. The summed E-state index contributed by atoms with van der Waals surface area (Å²) in [7, 11) is 1.92. The van der Waals surface area contributed by atoms with Crippen molar-refractivity contribution in [3.05, 3.63) is 51.5 Å². The third kappa shape index (κ3) is 2.88. The summed E-state index contributed by atoms with van der Waals surface area (Å²) >= 11 is 1.38. The lowest BCUT2D eigenvalue weighted by Crippen LogP contribution is -2.31. The van der Waals surface area contributed by atoms with Gasteiger partial charge in [0.05, 0.1) is 21.8 Å². The highest BCUT2D eigenvalue weighted by Gasteiger charge is 2.23. The molecule has 0 fully saturated rings. The van der Waals surface area contributed by atoms with Crippen molar-refractivity contribution in [2.75, 3.05) is 11.9 Å². The fraction of sp³-hybridized carbons (Fsp3) is 0.222. The van der Waals surface area contributed by atoms with Gasteiger partial charge in [-0.1, -0.05) is 0 Å². The number of rotatable bonds is 3. The van der Waals surface area contributed by atoms with Crippen molar-refractivity contribution >= 4 is 29.1 Å². The largest absolute Gasteiger partial charge is 0.352 e. The maximum atomic E-state index is 12.3. The molecule has 4 heterocycles. The van der Waals surface area contributed by atoms with E-state index in [1.165, 1.54) is 11.3 Å². The second kappa shape index (κ2) is 6.38. The lowest BCUT2D eigenvalue weighted by atomic mass is 10.1. The molecule has 132 valence electrons. The van der Waals surface area contributed by atoms with Gasteiger partial charge >= 0.3 is 0 Å². The van der Waals surface area contributed by atoms with Crippen LogP contribution >= 0.6 is 11.3 Å². The molecule has 1 aliphatic rings. The Labute approximate surface area is 154 Å². The van der Waals surface area contributed by atoms with Crippen molar-refractivity contribution in [1.29, 1.82) is 0 Å². The fourth-order valence-corrected chi connectivity index (χ4v) is 3.85. The van der Waals surface area contributed by atoms with Crippen LogP contribution in [-0.4, -0.2) is 32.9 Å². The van der Waals surface area contributed by atoms with Crippen LogP contribution in [0.2, 0.25) is 0 Å². The molecule has 3 aromatic heterocycles. The van der Waals surface area contributed by atoms with Gasteiger partial charge in [0.15, 0.2) is 0 Å². The van der Waals surface area contributed by atoms with E-state index in [0.717, 1.165) is 23.4 Å². The number of hydrogen-bond acceptors (Lipinski definition) is 5. The Bertz CT molecular complexity index is 1020. The third-order valence-corrected chi connectivity index (χ3v) is 5.39. The van der Waals surface area contributed by atoms with Crippen LogP contribution < -0.4 is 10.6 Å². The first-order valence-electron chi connectivity index (χ1n) is 8.19. The van der Waals surface area contributed by atoms with E-state index in [9.17, 15) is 9.59 Å². The van der Waals surface area contributed by atoms with Crippen LogP contribution in [-0.2, 0) is 13.5 Å². The van der Waals surface area contributed by atoms with E-state index in [1.54, 1.807) is 12.3 Å². The molecule has 3 aromatic rings. The Morgan fingerprint density at radius 1 is 1.38 bits per heavy atom. The van der Waals surface area contributed by atoms with Crippen LogP contribution in [0.15, 0.2) is 29.8 Å². The van der Waals surface area contributed by atoms with Gasteiger partial charge in [-0.15, -0.1) is 11.3 Å². The van der Waals surface area contributed by atoms with E-state index < -0.39 is 0 Å². The van der Waals surface area contributed by atoms with E-state index in [-0.39, 0.29) is 17.8 Å². The maximum Gasteiger partial charge on any atom is 0.268 e. The van der Waals surface area contributed by atoms with Crippen molar-refractivity contribution in [1.82, 2.24) is 19.9 Å². The van der Waals surface area contributed by atoms with Crippen LogP contribution in [0.5, 0.6) is 0 Å². The number of carbonyl (C=O) groups excluding carboxylic acids is 2. The Morgan fingerprint density at radius 2 is 2.23 bits per heavy atom. The summed E-state index contributed by atoms with van der Waals surface area (Å²) in [6, 6.07) is 5.43. The summed E-state index contributed by atoms with van der Waals surface area (Å²) in [6.07, 6.45) is 2.38. The van der Waals surface area contributed by atoms with Crippen molar-refractivity contribution in [2.24, 2.45) is 7.05 Å². The zero-order valence-electron chi connectivity index (χ0n) is 14.4. The second-order valence-electron chi connectivity index (χ2n) is 6.16. The number of nitrogens with zero attached hydrogens (tertiary/aromatic N) is 3. The Balaban J connectivity index is 1.64. The van der Waals surface area contributed by atoms with Gasteiger partial charge in [0.25, 0.3) is 11.8 Å². The molecule has 0 atom stereocenters. The normalized spacial score (nSPS) is 13.2. The highest BCUT2D eigenvalue weighted by molar-refractivity contribution is 7.12. The molecule has 0 aromatic carbocycles. The first-order chi connectivity index (χ1) is 12.5. The molecule has 4 rings (SSSR count). The summed E-state index contributed by atoms with van der Waals surface area (Å²) in [5, 5.41) is 7.50. The first kappa shape index (κ1) is 16.5. The van der Waals surface area contributed by atoms with Crippen LogP contribution in [0, 0.1) is 6.92 Å². The number of carbonyl (C=O) groups is 2. The highest BCUT2D eigenvalue weighted by Crippen LogP contribution is 2.26. The standard InChI is InChI=1S/C18H17N5O2S/c1-10-7-15(26-9-10)17(25)22-18-20-5-3-12(21-18)14-8-11-13(23(14)2)4-6-19-16(11)24/h3,5,7-9H,4,6H2,1-2H3,(H,19,24)(H,20,21,22,25). The summed E-state index contributed by atoms with van der Waals surface area (Å²) in [6.45, 7) is 2.58. The van der Waals surface area contributed by atoms with E-state index in [4.69, 9.17) is 0 Å². The van der Waals surface area contributed by atoms with Gasteiger partial charge in [-0.3, -0.25) is 14.9 Å². The van der Waals surface area contributed by atoms with Gasteiger partial charge in [0, 0.05) is 31.9 Å². The predicted octanol–water partition coefficient (Wildman–Crippen LogP) is 2.39. The quantitative estimate of drug-likeness (QED) is 0.744. The second-order valence-corrected chi connectivity index (χ2v) is 7.07. The van der Waals surface area contributed by atoms with Gasteiger partial charge in [-0.05, 0) is 36.1 Å². The minimum Gasteiger partial charge on any atom is -0.352 e. The van der Waals surface area contributed by atoms with E-state index in [2.05, 4.69) is 20.6 Å². The minimum atomic E-state index is -0.231. The smallest absolute Gasteiger partial charge is 0.268 e. The molecular weight excluding hydrogens is 350 g/mol. The Hall–Kier alpha value is -3.00. The number of anilines is 1. The van der Waals surface area contributed by atoms with Gasteiger partial charge in [-0.2, -0.15) is 0 Å². The fourth-order valence-electron chi connectivity index (χ4n) is 3.05. The van der Waals surface area contributed by atoms with Gasteiger partial charge in [0.1, 0.15) is 0 Å². The zero-order chi connectivity index (χ0) is 18.3. The number of amides is 2. The highest BCUT2D eigenvalue weighted by atomic mass is 32.1. The van der Waals surface area contributed by atoms with Crippen molar-refractivity contribution < 1.29 is 9.59 Å². The minimum absolute atomic E-state index is 0.0660. The predicted molar refractivity (Wildman–Crippen MR) is 99.5 cm³/mol. The van der Waals surface area contributed by atoms with Gasteiger partial charge in [-0.25, -0.2) is 9.97 Å². The van der Waals surface area contributed by atoms with Gasteiger partial charge < -0.3 is 9.88 Å². The van der Waals surface area contributed by atoms with Crippen LogP contribution in [0.4, 0.5) is 5.95 Å². The number of fused-ring (bicyclic) bond motifs is 1. The van der Waals surface area contributed by atoms with Crippen LogP contribution in [0.3, 0.4) is 0 Å². The molecule has 8 heteroatoms. The van der Waals surface area contributed by atoms with Crippen LogP contribution in [0.1, 0.15) is 31.3 Å². The van der Waals surface area contributed by atoms with Crippen molar-refractivity contribution in [3.63, 3.8) is 0 Å². The molecule has 26 heavy (non-hydrogen) atoms. The lowest BCUT2D eigenvalue weighted by molar-refractivity contribution is 0.0944. The Kier molecular flexibility index (Phi) is 4.04. The summed E-state index contributed by atoms with van der Waals surface area (Å²) in [5.74, 6) is -0.0586. The molecular formula is C18H17N5O2S. The molecule has 2 amide bonds. The average molecular weight is 367 g/mol. The lowest BCUT2D eigenvalue weighted by Gasteiger charge is -2.14. The SMILES string of the molecule is Cc1csc(C(=O)Nc2nccc(-c3cc4c(n3C)CCNC4=O)n2)c1. The van der Waals surface area contributed by atoms with Crippen molar-refractivity contribution in [2.45, 2.75) is 13.3 Å². The third-order valence-electron chi connectivity index (χ3n) is 4.35. The van der Waals surface area contributed by atoms with Gasteiger partial charge in [0.2, 0.25) is 5.95 Å². The molecule has 1 aliphatic heterocycles. The summed E-state index contributed by atoms with van der Waals surface area (Å²) < 4.78 is 1.98. The van der Waals surface area contributed by atoms with E-state index >= 15 is 0 Å². The maximum absolute atomic E-state index is 12.3. The molecule has 0 saturated carbocycles. The number of aromatic nitrogens is 3. The molecule has 0 unspecified atom stereocenters. The van der Waals surface area contributed by atoms with Crippen LogP contribution in [0.25, 0.3) is 11.4 Å². The molecule has 7 nitrogen and oxygen atoms in total. The summed E-state index contributed by atoms with van der Waals surface area (Å²) in [4.78, 5) is 33.5. The molecule has 0 radical (unpaired) electrons. The monoisotopic (exact) mass is 367 g/mol. The number of hydrogen-bond donors (Lipinski definition) is 2. The zero-order valence-corrected chi connectivity index (χ0v) is 15.2. The Morgan fingerprint density at radius 3 is 2.96 bits per heavy atom. The first-order valence-corrected chi connectivity index (χ1v) is 9.07. The number of aryl methyl sites for hydroxylation is 1.